The Kier molecular flexibility index (Phi) is 2.85. The largest absolute Gasteiger partial charge is 0.508 e. The van der Waals surface area contributed by atoms with Crippen LogP contribution < -0.4 is 18.9 Å². The molecule has 5 heteroatoms. The third kappa shape index (κ3) is 2.02. The monoisotopic (exact) mass is 298 g/mol. The van der Waals surface area contributed by atoms with Gasteiger partial charge in [0.1, 0.15) is 23.9 Å². The second-order valence-electron chi connectivity index (χ2n) is 5.09. The summed E-state index contributed by atoms with van der Waals surface area (Å²) in [5, 5.41) is 9.51. The lowest BCUT2D eigenvalue weighted by atomic mass is 9.99. The molecule has 5 nitrogen and oxygen atoms in total. The van der Waals surface area contributed by atoms with E-state index < -0.39 is 0 Å². The van der Waals surface area contributed by atoms with E-state index in [1.807, 2.05) is 24.3 Å². The van der Waals surface area contributed by atoms with Crippen molar-refractivity contribution in [3.8, 4) is 28.7 Å². The van der Waals surface area contributed by atoms with Gasteiger partial charge < -0.3 is 24.1 Å². The normalized spacial score (nSPS) is 14.9. The van der Waals surface area contributed by atoms with E-state index in [-0.39, 0.29) is 12.5 Å². The van der Waals surface area contributed by atoms with Gasteiger partial charge in [-0.05, 0) is 24.3 Å². The van der Waals surface area contributed by atoms with Crippen molar-refractivity contribution in [2.24, 2.45) is 0 Å². The molecular weight excluding hydrogens is 284 g/mol. The van der Waals surface area contributed by atoms with Crippen molar-refractivity contribution >= 4 is 11.6 Å². The van der Waals surface area contributed by atoms with Crippen LogP contribution in [0.1, 0.15) is 11.1 Å². The Morgan fingerprint density at radius 1 is 1.00 bits per heavy atom. The number of aromatic hydroxyl groups is 1. The average molecular weight is 298 g/mol. The summed E-state index contributed by atoms with van der Waals surface area (Å²) in [5.74, 6) is 2.96. The number of hydrogen-bond donors (Lipinski definition) is 1. The fraction of sp³-hybridized carbons (Fsp3) is 0.176. The van der Waals surface area contributed by atoms with Crippen LogP contribution in [0.25, 0.3) is 11.6 Å². The second kappa shape index (κ2) is 4.87. The number of benzene rings is 2. The summed E-state index contributed by atoms with van der Waals surface area (Å²) < 4.78 is 22.0. The number of methoxy groups -OCH3 is 1. The standard InChI is InChI=1S/C17H14O5/c1-19-15-7-17-16(21-9-22-17)6-13(15)11-4-10-2-3-12(18)5-14(10)20-8-11/h2-7,18H,8-9H2,1H3. The molecule has 112 valence electrons. The van der Waals surface area contributed by atoms with E-state index in [0.29, 0.717) is 29.6 Å². The number of rotatable bonds is 2. The first-order valence-corrected chi connectivity index (χ1v) is 6.89. The van der Waals surface area contributed by atoms with Crippen LogP contribution in [-0.2, 0) is 0 Å². The van der Waals surface area contributed by atoms with E-state index in [2.05, 4.69) is 0 Å². The van der Waals surface area contributed by atoms with Gasteiger partial charge in [0.2, 0.25) is 6.79 Å². The summed E-state index contributed by atoms with van der Waals surface area (Å²) in [6, 6.07) is 8.80. The Bertz CT molecular complexity index is 779. The molecule has 0 radical (unpaired) electrons. The second-order valence-corrected chi connectivity index (χ2v) is 5.09. The quantitative estimate of drug-likeness (QED) is 0.923. The highest BCUT2D eigenvalue weighted by Gasteiger charge is 2.22. The Balaban J connectivity index is 1.81. The Hall–Kier alpha value is -2.82. The molecule has 1 N–H and O–H groups in total. The SMILES string of the molecule is COc1cc2c(cc1C1=Cc3ccc(O)cc3OC1)OCO2. The number of fused-ring (bicyclic) bond motifs is 2. The van der Waals surface area contributed by atoms with Crippen molar-refractivity contribution in [1.82, 2.24) is 0 Å². The van der Waals surface area contributed by atoms with E-state index in [1.165, 1.54) is 0 Å². The molecular formula is C17H14O5. The zero-order valence-corrected chi connectivity index (χ0v) is 12.0. The van der Waals surface area contributed by atoms with Gasteiger partial charge >= 0.3 is 0 Å². The Morgan fingerprint density at radius 2 is 1.82 bits per heavy atom. The molecule has 2 aliphatic rings. The maximum Gasteiger partial charge on any atom is 0.231 e. The smallest absolute Gasteiger partial charge is 0.231 e. The Labute approximate surface area is 127 Å². The van der Waals surface area contributed by atoms with Crippen molar-refractivity contribution < 1.29 is 24.1 Å². The van der Waals surface area contributed by atoms with Crippen LogP contribution in [-0.4, -0.2) is 25.6 Å². The fourth-order valence-corrected chi connectivity index (χ4v) is 2.65. The van der Waals surface area contributed by atoms with Gasteiger partial charge in [0.25, 0.3) is 0 Å². The average Bonchev–Trinajstić information content (AvgIpc) is 3.00. The van der Waals surface area contributed by atoms with Crippen molar-refractivity contribution in [1.29, 1.82) is 0 Å². The van der Waals surface area contributed by atoms with Gasteiger partial charge in [-0.3, -0.25) is 0 Å². The van der Waals surface area contributed by atoms with Crippen LogP contribution in [0.5, 0.6) is 28.7 Å². The van der Waals surface area contributed by atoms with E-state index in [9.17, 15) is 5.11 Å². The molecule has 0 spiro atoms. The van der Waals surface area contributed by atoms with Crippen molar-refractivity contribution in [2.45, 2.75) is 0 Å². The summed E-state index contributed by atoms with van der Waals surface area (Å²) >= 11 is 0. The van der Waals surface area contributed by atoms with E-state index >= 15 is 0 Å². The predicted octanol–water partition coefficient (Wildman–Crippen LogP) is 3.06. The maximum atomic E-state index is 9.51. The molecule has 0 saturated carbocycles. The molecule has 22 heavy (non-hydrogen) atoms. The zero-order chi connectivity index (χ0) is 15.1. The van der Waals surface area contributed by atoms with E-state index in [4.69, 9.17) is 18.9 Å². The fourth-order valence-electron chi connectivity index (χ4n) is 2.65. The highest BCUT2D eigenvalue weighted by molar-refractivity contribution is 5.88. The minimum absolute atomic E-state index is 0.191. The third-order valence-electron chi connectivity index (χ3n) is 3.75. The van der Waals surface area contributed by atoms with Crippen LogP contribution in [0, 0.1) is 0 Å². The summed E-state index contributed by atoms with van der Waals surface area (Å²) in [4.78, 5) is 0. The predicted molar refractivity (Wildman–Crippen MR) is 80.6 cm³/mol. The highest BCUT2D eigenvalue weighted by Crippen LogP contribution is 2.42. The van der Waals surface area contributed by atoms with Gasteiger partial charge in [-0.1, -0.05) is 0 Å². The summed E-state index contributed by atoms with van der Waals surface area (Å²) in [6.45, 7) is 0.617. The molecule has 2 heterocycles. The number of phenols is 1. The first-order chi connectivity index (χ1) is 10.7. The first-order valence-electron chi connectivity index (χ1n) is 6.89. The van der Waals surface area contributed by atoms with Crippen molar-refractivity contribution in [2.75, 3.05) is 20.5 Å². The summed E-state index contributed by atoms with van der Waals surface area (Å²) in [5.41, 5.74) is 2.80. The van der Waals surface area contributed by atoms with Gasteiger partial charge in [-0.15, -0.1) is 0 Å². The maximum absolute atomic E-state index is 9.51. The topological polar surface area (TPSA) is 57.2 Å². The third-order valence-corrected chi connectivity index (χ3v) is 3.75. The molecule has 2 aromatic carbocycles. The molecule has 0 aliphatic carbocycles. The minimum Gasteiger partial charge on any atom is -0.508 e. The first kappa shape index (κ1) is 12.9. The molecule has 0 unspecified atom stereocenters. The number of phenolic OH excluding ortho intramolecular Hbond substituents is 1. The minimum atomic E-state index is 0.191. The number of hydrogen-bond acceptors (Lipinski definition) is 5. The van der Waals surface area contributed by atoms with E-state index in [1.54, 1.807) is 19.2 Å². The zero-order valence-electron chi connectivity index (χ0n) is 12.0. The van der Waals surface area contributed by atoms with Gasteiger partial charge in [0, 0.05) is 28.8 Å². The molecule has 0 amide bonds. The Morgan fingerprint density at radius 3 is 2.64 bits per heavy atom. The van der Waals surface area contributed by atoms with Gasteiger partial charge in [0.15, 0.2) is 11.5 Å². The lowest BCUT2D eigenvalue weighted by Gasteiger charge is -2.20. The lowest BCUT2D eigenvalue weighted by Crippen LogP contribution is -2.07. The molecule has 2 aliphatic heterocycles. The molecule has 2 aromatic rings. The van der Waals surface area contributed by atoms with E-state index in [0.717, 1.165) is 16.7 Å². The van der Waals surface area contributed by atoms with Crippen molar-refractivity contribution in [3.63, 3.8) is 0 Å². The van der Waals surface area contributed by atoms with Crippen LogP contribution in [0.4, 0.5) is 0 Å². The molecule has 4 rings (SSSR count). The van der Waals surface area contributed by atoms with Gasteiger partial charge in [0.05, 0.1) is 7.11 Å². The van der Waals surface area contributed by atoms with Crippen LogP contribution in [0.3, 0.4) is 0 Å². The van der Waals surface area contributed by atoms with Crippen molar-refractivity contribution in [3.05, 3.63) is 41.5 Å². The molecule has 0 aromatic heterocycles. The van der Waals surface area contributed by atoms with Crippen LogP contribution in [0.2, 0.25) is 0 Å². The van der Waals surface area contributed by atoms with Crippen LogP contribution >= 0.6 is 0 Å². The molecule has 0 saturated heterocycles. The summed E-state index contributed by atoms with van der Waals surface area (Å²) in [6.07, 6.45) is 2.03. The number of ether oxygens (including phenoxy) is 4. The van der Waals surface area contributed by atoms with Crippen LogP contribution in [0.15, 0.2) is 30.3 Å². The summed E-state index contributed by atoms with van der Waals surface area (Å²) in [7, 11) is 1.62. The highest BCUT2D eigenvalue weighted by atomic mass is 16.7. The lowest BCUT2D eigenvalue weighted by molar-refractivity contribution is 0.174. The van der Waals surface area contributed by atoms with Gasteiger partial charge in [-0.25, -0.2) is 0 Å². The molecule has 0 atom stereocenters. The molecule has 0 bridgehead atoms. The van der Waals surface area contributed by atoms with Gasteiger partial charge in [-0.2, -0.15) is 0 Å². The molecule has 0 fully saturated rings.